The highest BCUT2D eigenvalue weighted by molar-refractivity contribution is 6.09. The lowest BCUT2D eigenvalue weighted by Gasteiger charge is -2.21. The topological polar surface area (TPSA) is 43.4 Å². The average Bonchev–Trinajstić information content (AvgIpc) is 2.49. The van der Waals surface area contributed by atoms with Crippen molar-refractivity contribution >= 4 is 11.6 Å². The summed E-state index contributed by atoms with van der Waals surface area (Å²) in [6, 6.07) is 5.89. The molecule has 0 amide bonds. The predicted octanol–water partition coefficient (Wildman–Crippen LogP) is 2.73. The molecule has 0 spiro atoms. The Balaban J connectivity index is 2.81. The van der Waals surface area contributed by atoms with E-state index in [-0.39, 0.29) is 5.56 Å². The Morgan fingerprint density at radius 2 is 1.55 bits per heavy atom. The Morgan fingerprint density at radius 3 is 1.95 bits per heavy atom. The first-order chi connectivity index (χ1) is 9.52. The summed E-state index contributed by atoms with van der Waals surface area (Å²) in [5, 5.41) is 0. The molecule has 0 aliphatic heterocycles. The van der Waals surface area contributed by atoms with Crippen LogP contribution in [0.5, 0.6) is 5.75 Å². The third kappa shape index (κ3) is 3.37. The number of halogens is 3. The number of methoxy groups -OCH3 is 1. The molecule has 3 nitrogen and oxygen atoms in total. The molecule has 0 atom stereocenters. The van der Waals surface area contributed by atoms with E-state index in [4.69, 9.17) is 4.74 Å². The van der Waals surface area contributed by atoms with E-state index in [0.717, 1.165) is 0 Å². The number of ketones is 2. The molecule has 0 N–H and O–H groups in total. The van der Waals surface area contributed by atoms with Crippen LogP contribution in [0.25, 0.3) is 0 Å². The Labute approximate surface area is 114 Å². The number of carbonyl (C=O) groups is 2. The molecule has 0 bridgehead atoms. The van der Waals surface area contributed by atoms with Crippen molar-refractivity contribution in [2.45, 2.75) is 6.42 Å². The maximum atomic E-state index is 12.7. The van der Waals surface area contributed by atoms with Crippen molar-refractivity contribution in [3.8, 4) is 5.75 Å². The van der Waals surface area contributed by atoms with Gasteiger partial charge in [-0.05, 0) is 24.3 Å². The minimum atomic E-state index is -2.35. The van der Waals surface area contributed by atoms with E-state index in [1.165, 1.54) is 31.4 Å². The number of Topliss-reactive ketones (excluding diaryl/α,β-unsaturated/α-hetero) is 2. The van der Waals surface area contributed by atoms with E-state index < -0.39 is 43.4 Å². The Morgan fingerprint density at radius 1 is 1.05 bits per heavy atom. The fourth-order valence-corrected chi connectivity index (χ4v) is 1.54. The van der Waals surface area contributed by atoms with Crippen molar-refractivity contribution in [2.75, 3.05) is 27.1 Å². The third-order valence-electron chi connectivity index (χ3n) is 3.09. The normalized spacial score (nSPS) is 11.2. The van der Waals surface area contributed by atoms with E-state index in [1.807, 2.05) is 0 Å². The van der Waals surface area contributed by atoms with Crippen molar-refractivity contribution in [1.82, 2.24) is 0 Å². The van der Waals surface area contributed by atoms with Crippen LogP contribution in [0.1, 0.15) is 16.8 Å². The standard InChI is InChI=1S/C14H15F3O3/c1-20-11-4-2-10(3-5-11)12(18)6-13(19)14(7-15,8-16)9-17/h2-5H,6-9H2,1H3. The smallest absolute Gasteiger partial charge is 0.170 e. The maximum Gasteiger partial charge on any atom is 0.170 e. The van der Waals surface area contributed by atoms with E-state index in [2.05, 4.69) is 0 Å². The van der Waals surface area contributed by atoms with E-state index in [9.17, 15) is 22.8 Å². The molecule has 1 aromatic rings. The Kier molecular flexibility index (Phi) is 5.73. The highest BCUT2D eigenvalue weighted by Crippen LogP contribution is 2.24. The molecule has 0 saturated carbocycles. The Bertz CT molecular complexity index is 459. The fraction of sp³-hybridized carbons (Fsp3) is 0.429. The molecular weight excluding hydrogens is 273 g/mol. The lowest BCUT2D eigenvalue weighted by molar-refractivity contribution is -0.130. The first kappa shape index (κ1) is 16.2. The highest BCUT2D eigenvalue weighted by Gasteiger charge is 2.40. The number of benzene rings is 1. The molecule has 0 fully saturated rings. The first-order valence-corrected chi connectivity index (χ1v) is 5.91. The maximum absolute atomic E-state index is 12.7. The molecule has 0 aromatic heterocycles. The SMILES string of the molecule is COc1ccc(C(=O)CC(=O)C(CF)(CF)CF)cc1. The van der Waals surface area contributed by atoms with Crippen LogP contribution in [0, 0.1) is 5.41 Å². The van der Waals surface area contributed by atoms with Gasteiger partial charge < -0.3 is 4.74 Å². The fourth-order valence-electron chi connectivity index (χ4n) is 1.54. The van der Waals surface area contributed by atoms with Crippen LogP contribution < -0.4 is 4.74 Å². The van der Waals surface area contributed by atoms with Gasteiger partial charge in [-0.3, -0.25) is 9.59 Å². The van der Waals surface area contributed by atoms with E-state index in [0.29, 0.717) is 5.75 Å². The second-order valence-electron chi connectivity index (χ2n) is 4.43. The number of hydrogen-bond acceptors (Lipinski definition) is 3. The van der Waals surface area contributed by atoms with Gasteiger partial charge in [0.2, 0.25) is 0 Å². The van der Waals surface area contributed by atoms with Gasteiger partial charge in [0, 0.05) is 5.56 Å². The summed E-state index contributed by atoms with van der Waals surface area (Å²) in [6.45, 7) is -4.39. The third-order valence-corrected chi connectivity index (χ3v) is 3.09. The van der Waals surface area contributed by atoms with Gasteiger partial charge in [0.15, 0.2) is 11.6 Å². The monoisotopic (exact) mass is 288 g/mol. The zero-order valence-electron chi connectivity index (χ0n) is 11.0. The molecule has 0 saturated heterocycles. The second-order valence-corrected chi connectivity index (χ2v) is 4.43. The molecular formula is C14H15F3O3. The van der Waals surface area contributed by atoms with Crippen LogP contribution in [0.2, 0.25) is 0 Å². The van der Waals surface area contributed by atoms with Crippen molar-refractivity contribution < 1.29 is 27.5 Å². The number of alkyl halides is 3. The van der Waals surface area contributed by atoms with Gasteiger partial charge in [0.05, 0.1) is 13.5 Å². The summed E-state index contributed by atoms with van der Waals surface area (Å²) in [5.74, 6) is -1.15. The molecule has 0 heterocycles. The summed E-state index contributed by atoms with van der Waals surface area (Å²) >= 11 is 0. The first-order valence-electron chi connectivity index (χ1n) is 5.91. The van der Waals surface area contributed by atoms with E-state index in [1.54, 1.807) is 0 Å². The predicted molar refractivity (Wildman–Crippen MR) is 67.3 cm³/mol. The molecule has 1 rings (SSSR count). The van der Waals surface area contributed by atoms with Crippen LogP contribution in [0.3, 0.4) is 0 Å². The minimum Gasteiger partial charge on any atom is -0.497 e. The zero-order valence-corrected chi connectivity index (χ0v) is 11.0. The summed E-state index contributed by atoms with van der Waals surface area (Å²) in [7, 11) is 1.46. The largest absolute Gasteiger partial charge is 0.497 e. The lowest BCUT2D eigenvalue weighted by atomic mass is 9.84. The van der Waals surface area contributed by atoms with Crippen LogP contribution in [-0.4, -0.2) is 38.7 Å². The summed E-state index contributed by atoms with van der Waals surface area (Å²) in [5.41, 5.74) is -2.15. The molecule has 0 radical (unpaired) electrons. The van der Waals surface area contributed by atoms with Crippen molar-refractivity contribution in [3.63, 3.8) is 0 Å². The Hall–Kier alpha value is -1.85. The van der Waals surface area contributed by atoms with Gasteiger partial charge in [-0.25, -0.2) is 13.2 Å². The van der Waals surface area contributed by atoms with Crippen molar-refractivity contribution in [2.24, 2.45) is 5.41 Å². The quantitative estimate of drug-likeness (QED) is 0.545. The number of rotatable bonds is 8. The zero-order chi connectivity index (χ0) is 15.2. The number of ether oxygens (including phenoxy) is 1. The molecule has 6 heteroatoms. The van der Waals surface area contributed by atoms with Gasteiger partial charge in [0.1, 0.15) is 31.2 Å². The second kappa shape index (κ2) is 7.07. The molecule has 1 aromatic carbocycles. The molecule has 0 aliphatic rings. The van der Waals surface area contributed by atoms with E-state index >= 15 is 0 Å². The van der Waals surface area contributed by atoms with Gasteiger partial charge in [-0.15, -0.1) is 0 Å². The van der Waals surface area contributed by atoms with Crippen molar-refractivity contribution in [1.29, 1.82) is 0 Å². The van der Waals surface area contributed by atoms with Gasteiger partial charge >= 0.3 is 0 Å². The van der Waals surface area contributed by atoms with Crippen LogP contribution in [0.15, 0.2) is 24.3 Å². The summed E-state index contributed by atoms with van der Waals surface area (Å²) < 4.78 is 43.0. The molecule has 110 valence electrons. The van der Waals surface area contributed by atoms with Crippen LogP contribution in [0.4, 0.5) is 13.2 Å². The summed E-state index contributed by atoms with van der Waals surface area (Å²) in [4.78, 5) is 23.5. The molecule has 20 heavy (non-hydrogen) atoms. The lowest BCUT2D eigenvalue weighted by Crippen LogP contribution is -2.39. The van der Waals surface area contributed by atoms with Crippen LogP contribution >= 0.6 is 0 Å². The minimum absolute atomic E-state index is 0.199. The summed E-state index contributed by atoms with van der Waals surface area (Å²) in [6.07, 6.45) is -0.732. The number of hydrogen-bond donors (Lipinski definition) is 0. The average molecular weight is 288 g/mol. The van der Waals surface area contributed by atoms with Gasteiger partial charge in [0.25, 0.3) is 0 Å². The number of carbonyl (C=O) groups excluding carboxylic acids is 2. The molecule has 0 aliphatic carbocycles. The van der Waals surface area contributed by atoms with Gasteiger partial charge in [-0.2, -0.15) is 0 Å². The van der Waals surface area contributed by atoms with Gasteiger partial charge in [-0.1, -0.05) is 0 Å². The highest BCUT2D eigenvalue weighted by atomic mass is 19.1. The molecule has 0 unspecified atom stereocenters. The van der Waals surface area contributed by atoms with Crippen molar-refractivity contribution in [3.05, 3.63) is 29.8 Å². The van der Waals surface area contributed by atoms with Crippen LogP contribution in [-0.2, 0) is 4.79 Å².